The highest BCUT2D eigenvalue weighted by atomic mass is 16.2. The molecule has 24 heavy (non-hydrogen) atoms. The van der Waals surface area contributed by atoms with Gasteiger partial charge in [0.15, 0.2) is 5.78 Å². The monoisotopic (exact) mass is 321 g/mol. The zero-order valence-corrected chi connectivity index (χ0v) is 14.5. The van der Waals surface area contributed by atoms with Crippen LogP contribution in [0.2, 0.25) is 0 Å². The van der Waals surface area contributed by atoms with Crippen LogP contribution in [0.1, 0.15) is 50.8 Å². The Labute approximate surface area is 143 Å². The first-order valence-corrected chi connectivity index (χ1v) is 8.47. The van der Waals surface area contributed by atoms with E-state index in [9.17, 15) is 9.59 Å². The Balaban J connectivity index is 1.95. The van der Waals surface area contributed by atoms with Crippen LogP contribution < -0.4 is 0 Å². The van der Waals surface area contributed by atoms with Crippen LogP contribution in [0.5, 0.6) is 0 Å². The quantitative estimate of drug-likeness (QED) is 0.801. The summed E-state index contributed by atoms with van der Waals surface area (Å²) in [6.07, 6.45) is 1.03. The molecule has 2 aromatic carbocycles. The molecule has 3 heteroatoms. The molecule has 1 unspecified atom stereocenters. The summed E-state index contributed by atoms with van der Waals surface area (Å²) in [4.78, 5) is 27.6. The Morgan fingerprint density at radius 1 is 1.00 bits per heavy atom. The van der Waals surface area contributed by atoms with Crippen molar-refractivity contribution in [2.45, 2.75) is 27.2 Å². The van der Waals surface area contributed by atoms with Crippen molar-refractivity contribution in [3.05, 3.63) is 70.3 Å². The number of nitrogens with zero attached hydrogens (tertiary/aromatic N) is 1. The maximum absolute atomic E-state index is 12.9. The Hall–Kier alpha value is -2.42. The molecule has 2 aromatic rings. The van der Waals surface area contributed by atoms with E-state index < -0.39 is 0 Å². The van der Waals surface area contributed by atoms with Gasteiger partial charge in [-0.15, -0.1) is 0 Å². The largest absolute Gasteiger partial charge is 0.338 e. The molecule has 0 spiro atoms. The highest BCUT2D eigenvalue weighted by Crippen LogP contribution is 2.22. The lowest BCUT2D eigenvalue weighted by molar-refractivity contribution is 0.0783. The summed E-state index contributed by atoms with van der Waals surface area (Å²) in [6.45, 7) is 7.71. The number of amides is 1. The fraction of sp³-hybridized carbons (Fsp3) is 0.333. The molecule has 3 nitrogen and oxygen atoms in total. The summed E-state index contributed by atoms with van der Waals surface area (Å²) in [7, 11) is 0. The Morgan fingerprint density at radius 2 is 1.71 bits per heavy atom. The van der Waals surface area contributed by atoms with E-state index >= 15 is 0 Å². The summed E-state index contributed by atoms with van der Waals surface area (Å²) >= 11 is 0. The molecule has 124 valence electrons. The standard InChI is InChI=1S/C21H23NO2/c1-14-10-11-22(13-14)21(24)19-7-5-4-6-18(19)20(23)17-9-8-15(2)16(3)12-17/h4-9,12,14H,10-11,13H2,1-3H3. The third kappa shape index (κ3) is 3.12. The topological polar surface area (TPSA) is 37.4 Å². The highest BCUT2D eigenvalue weighted by molar-refractivity contribution is 6.15. The lowest BCUT2D eigenvalue weighted by Gasteiger charge is -2.18. The van der Waals surface area contributed by atoms with Crippen LogP contribution in [0.15, 0.2) is 42.5 Å². The molecule has 1 saturated heterocycles. The number of benzene rings is 2. The molecule has 0 saturated carbocycles. The van der Waals surface area contributed by atoms with Crippen LogP contribution >= 0.6 is 0 Å². The van der Waals surface area contributed by atoms with Crippen LogP contribution in [0, 0.1) is 19.8 Å². The molecule has 0 radical (unpaired) electrons. The van der Waals surface area contributed by atoms with E-state index in [0.717, 1.165) is 30.6 Å². The SMILES string of the molecule is Cc1ccc(C(=O)c2ccccc2C(=O)N2CCC(C)C2)cc1C. The van der Waals surface area contributed by atoms with Gasteiger partial charge in [0.05, 0.1) is 5.56 Å². The maximum atomic E-state index is 12.9. The average Bonchev–Trinajstić information content (AvgIpc) is 3.02. The molecule has 1 amide bonds. The number of carbonyl (C=O) groups is 2. The van der Waals surface area contributed by atoms with Gasteiger partial charge in [-0.2, -0.15) is 0 Å². The molecule has 0 aliphatic carbocycles. The summed E-state index contributed by atoms with van der Waals surface area (Å²) in [5.74, 6) is 0.401. The number of hydrogen-bond donors (Lipinski definition) is 0. The van der Waals surface area contributed by atoms with Crippen molar-refractivity contribution in [1.29, 1.82) is 0 Å². The summed E-state index contributed by atoms with van der Waals surface area (Å²) in [5.41, 5.74) is 3.87. The summed E-state index contributed by atoms with van der Waals surface area (Å²) < 4.78 is 0. The van der Waals surface area contributed by atoms with Crippen molar-refractivity contribution in [1.82, 2.24) is 4.90 Å². The van der Waals surface area contributed by atoms with Crippen molar-refractivity contribution in [3.8, 4) is 0 Å². The van der Waals surface area contributed by atoms with Gasteiger partial charge < -0.3 is 4.90 Å². The minimum Gasteiger partial charge on any atom is -0.338 e. The van der Waals surface area contributed by atoms with Gasteiger partial charge in [-0.3, -0.25) is 9.59 Å². The Morgan fingerprint density at radius 3 is 2.33 bits per heavy atom. The summed E-state index contributed by atoms with van der Waals surface area (Å²) in [6, 6.07) is 12.8. The van der Waals surface area contributed by atoms with E-state index in [0.29, 0.717) is 22.6 Å². The van der Waals surface area contributed by atoms with Crippen LogP contribution in [0.3, 0.4) is 0 Å². The molecule has 1 atom stereocenters. The minimum absolute atomic E-state index is 0.0351. The van der Waals surface area contributed by atoms with Gasteiger partial charge in [0.2, 0.25) is 0 Å². The minimum atomic E-state index is -0.0886. The predicted molar refractivity (Wildman–Crippen MR) is 95.5 cm³/mol. The second-order valence-corrected chi connectivity index (χ2v) is 6.82. The number of likely N-dealkylation sites (tertiary alicyclic amines) is 1. The van der Waals surface area contributed by atoms with E-state index in [-0.39, 0.29) is 11.7 Å². The third-order valence-electron chi connectivity index (χ3n) is 4.88. The normalized spacial score (nSPS) is 17.1. The van der Waals surface area contributed by atoms with Crippen LogP contribution in [0.4, 0.5) is 0 Å². The number of aryl methyl sites for hydroxylation is 2. The molecular weight excluding hydrogens is 298 g/mol. The van der Waals surface area contributed by atoms with E-state index in [2.05, 4.69) is 6.92 Å². The molecule has 1 aliphatic heterocycles. The fourth-order valence-electron chi connectivity index (χ4n) is 3.20. The van der Waals surface area contributed by atoms with Gasteiger partial charge in [-0.25, -0.2) is 0 Å². The first-order chi connectivity index (χ1) is 11.5. The first kappa shape index (κ1) is 16.4. The second kappa shape index (κ2) is 6.60. The fourth-order valence-corrected chi connectivity index (χ4v) is 3.20. The van der Waals surface area contributed by atoms with Gasteiger partial charge in [0, 0.05) is 24.2 Å². The number of hydrogen-bond acceptors (Lipinski definition) is 2. The summed E-state index contributed by atoms with van der Waals surface area (Å²) in [5, 5.41) is 0. The predicted octanol–water partition coefficient (Wildman–Crippen LogP) is 4.02. The lowest BCUT2D eigenvalue weighted by atomic mass is 9.95. The van der Waals surface area contributed by atoms with E-state index in [1.165, 1.54) is 0 Å². The third-order valence-corrected chi connectivity index (χ3v) is 4.88. The lowest BCUT2D eigenvalue weighted by Crippen LogP contribution is -2.29. The zero-order chi connectivity index (χ0) is 17.3. The molecule has 0 aromatic heterocycles. The van der Waals surface area contributed by atoms with Crippen molar-refractivity contribution in [2.75, 3.05) is 13.1 Å². The first-order valence-electron chi connectivity index (χ1n) is 8.47. The van der Waals surface area contributed by atoms with E-state index in [1.807, 2.05) is 49.1 Å². The molecule has 1 fully saturated rings. The molecule has 0 bridgehead atoms. The number of carbonyl (C=O) groups excluding carboxylic acids is 2. The van der Waals surface area contributed by atoms with Crippen LogP contribution in [-0.2, 0) is 0 Å². The Bertz CT molecular complexity index is 794. The molecule has 0 N–H and O–H groups in total. The van der Waals surface area contributed by atoms with Gasteiger partial charge in [-0.1, -0.05) is 37.3 Å². The Kier molecular flexibility index (Phi) is 4.52. The van der Waals surface area contributed by atoms with Crippen LogP contribution in [0.25, 0.3) is 0 Å². The van der Waals surface area contributed by atoms with Crippen molar-refractivity contribution in [3.63, 3.8) is 0 Å². The van der Waals surface area contributed by atoms with Crippen molar-refractivity contribution in [2.24, 2.45) is 5.92 Å². The maximum Gasteiger partial charge on any atom is 0.254 e. The van der Waals surface area contributed by atoms with E-state index in [1.54, 1.807) is 12.1 Å². The van der Waals surface area contributed by atoms with Gasteiger partial charge in [0.1, 0.15) is 0 Å². The van der Waals surface area contributed by atoms with Gasteiger partial charge in [-0.05, 0) is 49.4 Å². The number of rotatable bonds is 3. The molecule has 1 heterocycles. The van der Waals surface area contributed by atoms with Crippen molar-refractivity contribution >= 4 is 11.7 Å². The zero-order valence-electron chi connectivity index (χ0n) is 14.5. The molecular formula is C21H23NO2. The van der Waals surface area contributed by atoms with Crippen molar-refractivity contribution < 1.29 is 9.59 Å². The molecule has 1 aliphatic rings. The highest BCUT2D eigenvalue weighted by Gasteiger charge is 2.27. The average molecular weight is 321 g/mol. The van der Waals surface area contributed by atoms with E-state index in [4.69, 9.17) is 0 Å². The van der Waals surface area contributed by atoms with Gasteiger partial charge in [0.25, 0.3) is 5.91 Å². The number of ketones is 1. The van der Waals surface area contributed by atoms with Crippen LogP contribution in [-0.4, -0.2) is 29.7 Å². The second-order valence-electron chi connectivity index (χ2n) is 6.82. The smallest absolute Gasteiger partial charge is 0.254 e. The molecule has 3 rings (SSSR count). The van der Waals surface area contributed by atoms with Gasteiger partial charge >= 0.3 is 0 Å².